The summed E-state index contributed by atoms with van der Waals surface area (Å²) in [6, 6.07) is 7.94. The number of nitrogens with zero attached hydrogens (tertiary/aromatic N) is 1. The van der Waals surface area contributed by atoms with Crippen molar-refractivity contribution in [1.29, 1.82) is 0 Å². The summed E-state index contributed by atoms with van der Waals surface area (Å²) in [5.41, 5.74) is 1.66. The van der Waals surface area contributed by atoms with Gasteiger partial charge in [0.25, 0.3) is 0 Å². The van der Waals surface area contributed by atoms with Crippen LogP contribution in [0.3, 0.4) is 0 Å². The molecule has 0 aliphatic carbocycles. The summed E-state index contributed by atoms with van der Waals surface area (Å²) in [6.07, 6.45) is 1.08. The third-order valence-corrected chi connectivity index (χ3v) is 4.27. The lowest BCUT2D eigenvalue weighted by Gasteiger charge is -2.26. The molecule has 2 rings (SSSR count). The largest absolute Gasteiger partial charge is 0.388 e. The zero-order chi connectivity index (χ0) is 14.8. The van der Waals surface area contributed by atoms with Gasteiger partial charge in [-0.05, 0) is 25.8 Å². The summed E-state index contributed by atoms with van der Waals surface area (Å²) in [5.74, 6) is 0.0912. The van der Waals surface area contributed by atoms with Crippen LogP contribution in [0.15, 0.2) is 24.3 Å². The number of hydrogen-bond donors (Lipinski definition) is 2. The molecule has 1 heterocycles. The third kappa shape index (κ3) is 2.66. The molecule has 20 heavy (non-hydrogen) atoms. The highest BCUT2D eigenvalue weighted by atomic mass is 16.3. The van der Waals surface area contributed by atoms with Crippen LogP contribution in [-0.4, -0.2) is 31.2 Å². The average Bonchev–Trinajstić information content (AvgIpc) is 2.89. The van der Waals surface area contributed by atoms with Crippen molar-refractivity contribution in [3.63, 3.8) is 0 Å². The lowest BCUT2D eigenvalue weighted by Crippen LogP contribution is -2.39. The fraction of sp³-hybridized carbons (Fsp3) is 0.562. The second-order valence-corrected chi connectivity index (χ2v) is 5.79. The van der Waals surface area contributed by atoms with E-state index in [1.54, 1.807) is 7.05 Å². The number of carbonyl (C=O) groups is 1. The molecule has 4 nitrogen and oxygen atoms in total. The Morgan fingerprint density at radius 1 is 1.50 bits per heavy atom. The van der Waals surface area contributed by atoms with Gasteiger partial charge in [-0.15, -0.1) is 0 Å². The van der Waals surface area contributed by atoms with Crippen molar-refractivity contribution in [2.45, 2.75) is 32.8 Å². The van der Waals surface area contributed by atoms with Gasteiger partial charge in [0.15, 0.2) is 0 Å². The number of hydrogen-bond acceptors (Lipinski definition) is 3. The van der Waals surface area contributed by atoms with Crippen LogP contribution in [0.2, 0.25) is 0 Å². The summed E-state index contributed by atoms with van der Waals surface area (Å²) >= 11 is 0. The number of nitrogens with one attached hydrogen (secondary N) is 1. The normalized spacial score (nSPS) is 23.7. The molecule has 1 fully saturated rings. The van der Waals surface area contributed by atoms with Crippen LogP contribution in [0.5, 0.6) is 0 Å². The maximum absolute atomic E-state index is 12.0. The van der Waals surface area contributed by atoms with Crippen molar-refractivity contribution < 1.29 is 9.90 Å². The summed E-state index contributed by atoms with van der Waals surface area (Å²) in [6.45, 7) is 5.52. The molecule has 110 valence electrons. The van der Waals surface area contributed by atoms with Crippen molar-refractivity contribution >= 4 is 11.6 Å². The Hall–Kier alpha value is -1.55. The molecule has 1 aromatic carbocycles. The van der Waals surface area contributed by atoms with E-state index in [0.717, 1.165) is 24.2 Å². The van der Waals surface area contributed by atoms with Gasteiger partial charge in [-0.25, -0.2) is 0 Å². The van der Waals surface area contributed by atoms with Crippen molar-refractivity contribution in [2.75, 3.05) is 25.0 Å². The first-order valence-corrected chi connectivity index (χ1v) is 7.26. The van der Waals surface area contributed by atoms with Crippen LogP contribution in [0.4, 0.5) is 5.69 Å². The van der Waals surface area contributed by atoms with E-state index in [0.29, 0.717) is 13.0 Å². The molecule has 0 radical (unpaired) electrons. The molecular formula is C16H24N2O2. The lowest BCUT2D eigenvalue weighted by atomic mass is 9.89. The van der Waals surface area contributed by atoms with Crippen molar-refractivity contribution in [3.05, 3.63) is 29.8 Å². The maximum atomic E-state index is 12.0. The predicted molar refractivity (Wildman–Crippen MR) is 80.7 cm³/mol. The molecule has 1 aliphatic heterocycles. The minimum absolute atomic E-state index is 0.0912. The number of rotatable bonds is 4. The van der Waals surface area contributed by atoms with Crippen molar-refractivity contribution in [3.8, 4) is 0 Å². The van der Waals surface area contributed by atoms with E-state index < -0.39 is 6.10 Å². The smallest absolute Gasteiger partial charge is 0.227 e. The van der Waals surface area contributed by atoms with Gasteiger partial charge in [0, 0.05) is 31.4 Å². The highest BCUT2D eigenvalue weighted by Crippen LogP contribution is 2.36. The highest BCUT2D eigenvalue weighted by molar-refractivity contribution is 5.83. The highest BCUT2D eigenvalue weighted by Gasteiger charge is 2.40. The number of anilines is 1. The summed E-state index contributed by atoms with van der Waals surface area (Å²) < 4.78 is 0. The molecule has 2 N–H and O–H groups in total. The monoisotopic (exact) mass is 276 g/mol. The zero-order valence-corrected chi connectivity index (χ0v) is 12.5. The minimum atomic E-state index is -0.446. The summed E-state index contributed by atoms with van der Waals surface area (Å²) in [4.78, 5) is 14.2. The molecule has 0 saturated carbocycles. The van der Waals surface area contributed by atoms with E-state index in [4.69, 9.17) is 0 Å². The molecule has 0 spiro atoms. The molecular weight excluding hydrogens is 252 g/mol. The summed E-state index contributed by atoms with van der Waals surface area (Å²) in [5, 5.41) is 12.9. The Kier molecular flexibility index (Phi) is 4.33. The standard InChI is InChI=1S/C16H24N2O2/c1-4-14(19)12-7-5-6-8-13(12)18-10-9-16(2,11-18)15(20)17-3/h5-8,14,19H,4,9-11H2,1-3H3,(H,17,20)/t14-,16?/m0/s1. The topological polar surface area (TPSA) is 52.6 Å². The first-order chi connectivity index (χ1) is 9.51. The Morgan fingerprint density at radius 2 is 2.20 bits per heavy atom. The Labute approximate surface area is 120 Å². The molecule has 0 bridgehead atoms. The Bertz CT molecular complexity index is 489. The quantitative estimate of drug-likeness (QED) is 0.885. The number of carbonyl (C=O) groups excluding carboxylic acids is 1. The van der Waals surface area contributed by atoms with Gasteiger partial charge in [0.1, 0.15) is 0 Å². The first kappa shape index (κ1) is 14.9. The van der Waals surface area contributed by atoms with Gasteiger partial charge in [-0.1, -0.05) is 25.1 Å². The lowest BCUT2D eigenvalue weighted by molar-refractivity contribution is -0.128. The molecule has 1 amide bonds. The van der Waals surface area contributed by atoms with Crippen LogP contribution in [0, 0.1) is 5.41 Å². The van der Waals surface area contributed by atoms with Crippen LogP contribution in [-0.2, 0) is 4.79 Å². The maximum Gasteiger partial charge on any atom is 0.227 e. The van der Waals surface area contributed by atoms with Gasteiger partial charge in [-0.2, -0.15) is 0 Å². The van der Waals surface area contributed by atoms with Gasteiger partial charge in [0.05, 0.1) is 11.5 Å². The van der Waals surface area contributed by atoms with Crippen molar-refractivity contribution in [2.24, 2.45) is 5.41 Å². The van der Waals surface area contributed by atoms with E-state index in [9.17, 15) is 9.90 Å². The fourth-order valence-electron chi connectivity index (χ4n) is 2.93. The van der Waals surface area contributed by atoms with Crippen LogP contribution >= 0.6 is 0 Å². The van der Waals surface area contributed by atoms with Gasteiger partial charge in [0.2, 0.25) is 5.91 Å². The molecule has 0 aromatic heterocycles. The number of benzene rings is 1. The molecule has 4 heteroatoms. The van der Waals surface area contributed by atoms with E-state index in [1.165, 1.54) is 0 Å². The molecule has 1 saturated heterocycles. The number of aliphatic hydroxyl groups excluding tert-OH is 1. The second-order valence-electron chi connectivity index (χ2n) is 5.79. The van der Waals surface area contributed by atoms with E-state index in [-0.39, 0.29) is 11.3 Å². The average molecular weight is 276 g/mol. The van der Waals surface area contributed by atoms with Crippen LogP contribution < -0.4 is 10.2 Å². The third-order valence-electron chi connectivity index (χ3n) is 4.27. The molecule has 1 aliphatic rings. The number of para-hydroxylation sites is 1. The van der Waals surface area contributed by atoms with Crippen LogP contribution in [0.25, 0.3) is 0 Å². The predicted octanol–water partition coefficient (Wildman–Crippen LogP) is 2.09. The Balaban J connectivity index is 2.24. The Morgan fingerprint density at radius 3 is 2.85 bits per heavy atom. The molecule has 1 aromatic rings. The number of amides is 1. The van der Waals surface area contributed by atoms with E-state index in [2.05, 4.69) is 10.2 Å². The van der Waals surface area contributed by atoms with Gasteiger partial charge in [-0.3, -0.25) is 4.79 Å². The second kappa shape index (κ2) is 5.83. The fourth-order valence-corrected chi connectivity index (χ4v) is 2.93. The van der Waals surface area contributed by atoms with Gasteiger partial charge < -0.3 is 15.3 Å². The molecule has 2 atom stereocenters. The SMILES string of the molecule is CC[C@H](O)c1ccccc1N1CCC(C)(C(=O)NC)C1. The van der Waals surface area contributed by atoms with E-state index >= 15 is 0 Å². The van der Waals surface area contributed by atoms with Crippen molar-refractivity contribution in [1.82, 2.24) is 5.32 Å². The number of aliphatic hydroxyl groups is 1. The minimum Gasteiger partial charge on any atom is -0.388 e. The molecule has 1 unspecified atom stereocenters. The van der Waals surface area contributed by atoms with Gasteiger partial charge >= 0.3 is 0 Å². The van der Waals surface area contributed by atoms with Crippen LogP contribution in [0.1, 0.15) is 38.4 Å². The van der Waals surface area contributed by atoms with E-state index in [1.807, 2.05) is 38.1 Å². The summed E-state index contributed by atoms with van der Waals surface area (Å²) in [7, 11) is 1.69. The zero-order valence-electron chi connectivity index (χ0n) is 12.5. The first-order valence-electron chi connectivity index (χ1n) is 7.26.